The van der Waals surface area contributed by atoms with Gasteiger partial charge in [-0.2, -0.15) is 17.0 Å². The van der Waals surface area contributed by atoms with Gasteiger partial charge in [0, 0.05) is 58.9 Å². The topological polar surface area (TPSA) is 76.2 Å². The van der Waals surface area contributed by atoms with Gasteiger partial charge in [0.15, 0.2) is 0 Å². The monoisotopic (exact) mass is 361 g/mol. The lowest BCUT2D eigenvalue weighted by atomic mass is 10.2. The molecular formula is C15H31N5O3S. The summed E-state index contributed by atoms with van der Waals surface area (Å²) in [5.41, 5.74) is 0. The van der Waals surface area contributed by atoms with Crippen LogP contribution in [0.15, 0.2) is 0 Å². The molecule has 0 atom stereocenters. The number of carbonyl (C=O) groups is 1. The maximum atomic E-state index is 12.7. The number of hydrogen-bond donors (Lipinski definition) is 1. The summed E-state index contributed by atoms with van der Waals surface area (Å²) in [6, 6.07) is 0. The fourth-order valence-corrected chi connectivity index (χ4v) is 4.45. The molecule has 140 valence electrons. The Labute approximate surface area is 145 Å². The average Bonchev–Trinajstić information content (AvgIpc) is 2.54. The number of nitrogens with one attached hydrogen (secondary N) is 1. The normalized spacial score (nSPS) is 22.8. The lowest BCUT2D eigenvalue weighted by Crippen LogP contribution is -2.57. The first-order valence-electron chi connectivity index (χ1n) is 8.72. The summed E-state index contributed by atoms with van der Waals surface area (Å²) in [6.45, 7) is 9.89. The van der Waals surface area contributed by atoms with Gasteiger partial charge in [0.25, 0.3) is 10.2 Å². The van der Waals surface area contributed by atoms with Gasteiger partial charge in [-0.25, -0.2) is 0 Å². The molecule has 2 fully saturated rings. The van der Waals surface area contributed by atoms with Crippen LogP contribution in [0.4, 0.5) is 0 Å². The molecule has 0 saturated carbocycles. The zero-order chi connectivity index (χ0) is 17.7. The molecule has 2 aliphatic heterocycles. The highest BCUT2D eigenvalue weighted by atomic mass is 32.2. The van der Waals surface area contributed by atoms with Gasteiger partial charge in [-0.1, -0.05) is 13.8 Å². The van der Waals surface area contributed by atoms with Crippen molar-refractivity contribution < 1.29 is 13.2 Å². The molecule has 24 heavy (non-hydrogen) atoms. The van der Waals surface area contributed by atoms with E-state index >= 15 is 0 Å². The highest BCUT2D eigenvalue weighted by Crippen LogP contribution is 2.14. The summed E-state index contributed by atoms with van der Waals surface area (Å²) in [6.07, 6.45) is 0. The average molecular weight is 362 g/mol. The molecule has 8 nitrogen and oxygen atoms in total. The fraction of sp³-hybridized carbons (Fsp3) is 0.933. The van der Waals surface area contributed by atoms with E-state index in [4.69, 9.17) is 0 Å². The van der Waals surface area contributed by atoms with E-state index in [9.17, 15) is 13.2 Å². The molecule has 0 spiro atoms. The molecule has 2 aliphatic rings. The first-order valence-corrected chi connectivity index (χ1v) is 10.1. The van der Waals surface area contributed by atoms with Crippen molar-refractivity contribution in [1.82, 2.24) is 23.7 Å². The molecule has 0 bridgehead atoms. The second kappa shape index (κ2) is 8.57. The van der Waals surface area contributed by atoms with Crippen molar-refractivity contribution in [2.45, 2.75) is 13.8 Å². The van der Waals surface area contributed by atoms with E-state index < -0.39 is 10.2 Å². The van der Waals surface area contributed by atoms with E-state index in [0.717, 1.165) is 13.1 Å². The van der Waals surface area contributed by atoms with Crippen molar-refractivity contribution in [1.29, 1.82) is 0 Å². The van der Waals surface area contributed by atoms with Crippen LogP contribution in [-0.4, -0.2) is 105 Å². The number of likely N-dealkylation sites (N-methyl/N-ethyl adjacent to an activating group) is 1. The summed E-state index contributed by atoms with van der Waals surface area (Å²) in [7, 11) is -1.36. The molecule has 2 rings (SSSR count). The first-order chi connectivity index (χ1) is 11.3. The minimum absolute atomic E-state index is 0.0130. The van der Waals surface area contributed by atoms with E-state index in [2.05, 4.69) is 24.1 Å². The van der Waals surface area contributed by atoms with Crippen molar-refractivity contribution in [3.8, 4) is 0 Å². The largest absolute Gasteiger partial charge is 0.355 e. The number of rotatable bonds is 6. The van der Waals surface area contributed by atoms with Crippen LogP contribution in [-0.2, 0) is 15.0 Å². The lowest BCUT2D eigenvalue weighted by molar-refractivity contribution is -0.122. The predicted octanol–water partition coefficient (Wildman–Crippen LogP) is -1.13. The number of nitrogens with zero attached hydrogens (tertiary/aromatic N) is 4. The molecule has 0 aliphatic carbocycles. The smallest absolute Gasteiger partial charge is 0.282 e. The van der Waals surface area contributed by atoms with Crippen LogP contribution in [0.3, 0.4) is 0 Å². The Morgan fingerprint density at radius 1 is 0.958 bits per heavy atom. The van der Waals surface area contributed by atoms with Gasteiger partial charge in [-0.05, 0) is 13.0 Å². The molecule has 1 amide bonds. The fourth-order valence-electron chi connectivity index (χ4n) is 2.88. The minimum atomic E-state index is -3.37. The zero-order valence-corrected chi connectivity index (χ0v) is 15.9. The Bertz CT molecular complexity index is 509. The number of amides is 1. The third-order valence-electron chi connectivity index (χ3n) is 4.52. The van der Waals surface area contributed by atoms with Gasteiger partial charge in [-0.3, -0.25) is 9.69 Å². The first kappa shape index (κ1) is 19.6. The van der Waals surface area contributed by atoms with Crippen LogP contribution >= 0.6 is 0 Å². The Balaban J connectivity index is 1.78. The Morgan fingerprint density at radius 2 is 1.46 bits per heavy atom. The number of piperazine rings is 2. The van der Waals surface area contributed by atoms with Crippen molar-refractivity contribution in [3.05, 3.63) is 0 Å². The van der Waals surface area contributed by atoms with Gasteiger partial charge in [0.05, 0.1) is 6.54 Å². The second-order valence-corrected chi connectivity index (χ2v) is 9.01. The van der Waals surface area contributed by atoms with Crippen LogP contribution < -0.4 is 5.32 Å². The number of hydrogen-bond acceptors (Lipinski definition) is 5. The van der Waals surface area contributed by atoms with E-state index in [0.29, 0.717) is 58.3 Å². The standard InChI is InChI=1S/C15H31N5O3S/c1-14(2)12-16-15(21)13-18-6-10-20(11-7-18)24(22,23)19-8-4-17(3)5-9-19/h14H,4-13H2,1-3H3,(H,16,21). The van der Waals surface area contributed by atoms with E-state index in [1.807, 2.05) is 11.9 Å². The Hall–Kier alpha value is -0.740. The van der Waals surface area contributed by atoms with E-state index in [-0.39, 0.29) is 5.91 Å². The Morgan fingerprint density at radius 3 is 1.96 bits per heavy atom. The van der Waals surface area contributed by atoms with Crippen LogP contribution in [0.2, 0.25) is 0 Å². The van der Waals surface area contributed by atoms with Crippen LogP contribution in [0, 0.1) is 5.92 Å². The Kier molecular flexibility index (Phi) is 6.99. The zero-order valence-electron chi connectivity index (χ0n) is 15.1. The third-order valence-corrected chi connectivity index (χ3v) is 6.56. The van der Waals surface area contributed by atoms with Crippen LogP contribution in [0.5, 0.6) is 0 Å². The molecule has 0 radical (unpaired) electrons. The molecule has 0 aromatic rings. The molecule has 0 unspecified atom stereocenters. The predicted molar refractivity (Wildman–Crippen MR) is 93.9 cm³/mol. The lowest BCUT2D eigenvalue weighted by Gasteiger charge is -2.38. The maximum absolute atomic E-state index is 12.7. The highest BCUT2D eigenvalue weighted by Gasteiger charge is 2.33. The van der Waals surface area contributed by atoms with Crippen molar-refractivity contribution in [3.63, 3.8) is 0 Å². The van der Waals surface area contributed by atoms with Gasteiger partial charge in [0.1, 0.15) is 0 Å². The molecule has 0 aromatic carbocycles. The van der Waals surface area contributed by atoms with Crippen molar-refractivity contribution in [2.24, 2.45) is 5.92 Å². The molecular weight excluding hydrogens is 330 g/mol. The van der Waals surface area contributed by atoms with E-state index in [1.54, 1.807) is 8.61 Å². The summed E-state index contributed by atoms with van der Waals surface area (Å²) in [5.74, 6) is 0.443. The van der Waals surface area contributed by atoms with Gasteiger partial charge >= 0.3 is 0 Å². The summed E-state index contributed by atoms with van der Waals surface area (Å²) in [5, 5.41) is 2.90. The molecule has 1 N–H and O–H groups in total. The van der Waals surface area contributed by atoms with Crippen LogP contribution in [0.1, 0.15) is 13.8 Å². The molecule has 9 heteroatoms. The molecule has 2 saturated heterocycles. The van der Waals surface area contributed by atoms with Gasteiger partial charge in [-0.15, -0.1) is 0 Å². The van der Waals surface area contributed by atoms with Crippen LogP contribution in [0.25, 0.3) is 0 Å². The minimum Gasteiger partial charge on any atom is -0.355 e. The van der Waals surface area contributed by atoms with Crippen molar-refractivity contribution in [2.75, 3.05) is 72.5 Å². The van der Waals surface area contributed by atoms with Crippen molar-refractivity contribution >= 4 is 16.1 Å². The maximum Gasteiger partial charge on any atom is 0.282 e. The number of carbonyl (C=O) groups excluding carboxylic acids is 1. The second-order valence-electron chi connectivity index (χ2n) is 7.08. The summed E-state index contributed by atoms with van der Waals surface area (Å²) >= 11 is 0. The van der Waals surface area contributed by atoms with E-state index in [1.165, 1.54) is 0 Å². The third kappa shape index (κ3) is 5.38. The quantitative estimate of drug-likeness (QED) is 0.648. The molecule has 2 heterocycles. The SMILES string of the molecule is CC(C)CNC(=O)CN1CCN(S(=O)(=O)N2CCN(C)CC2)CC1. The summed E-state index contributed by atoms with van der Waals surface area (Å²) in [4.78, 5) is 16.0. The van der Waals surface area contributed by atoms with Gasteiger partial charge < -0.3 is 10.2 Å². The van der Waals surface area contributed by atoms with Gasteiger partial charge in [0.2, 0.25) is 5.91 Å². The highest BCUT2D eigenvalue weighted by molar-refractivity contribution is 7.86. The molecule has 0 aromatic heterocycles. The summed E-state index contributed by atoms with van der Waals surface area (Å²) < 4.78 is 28.5.